The SMILES string of the molecule is Cc1cnc(CNc2cc(F)cc([N+](=O)[O-])c2)cn1. The Morgan fingerprint density at radius 3 is 2.74 bits per heavy atom. The van der Waals surface area contributed by atoms with E-state index in [1.807, 2.05) is 6.92 Å². The zero-order chi connectivity index (χ0) is 13.8. The number of nitrogens with one attached hydrogen (secondary N) is 1. The number of halogens is 1. The lowest BCUT2D eigenvalue weighted by Crippen LogP contribution is -2.03. The molecule has 7 heteroatoms. The molecule has 1 N–H and O–H groups in total. The van der Waals surface area contributed by atoms with E-state index < -0.39 is 10.7 Å². The van der Waals surface area contributed by atoms with Crippen LogP contribution in [0.1, 0.15) is 11.4 Å². The number of hydrogen-bond donors (Lipinski definition) is 1. The molecular formula is C12H11FN4O2. The van der Waals surface area contributed by atoms with Crippen LogP contribution in [0.3, 0.4) is 0 Å². The first-order valence-corrected chi connectivity index (χ1v) is 5.51. The molecule has 6 nitrogen and oxygen atoms in total. The molecule has 0 aliphatic carbocycles. The molecule has 1 heterocycles. The Balaban J connectivity index is 2.11. The number of nitrogens with zero attached hydrogens (tertiary/aromatic N) is 3. The Kier molecular flexibility index (Phi) is 3.65. The summed E-state index contributed by atoms with van der Waals surface area (Å²) in [6, 6.07) is 3.33. The van der Waals surface area contributed by atoms with E-state index in [4.69, 9.17) is 0 Å². The molecule has 2 aromatic rings. The van der Waals surface area contributed by atoms with Gasteiger partial charge in [-0.25, -0.2) is 4.39 Å². The van der Waals surface area contributed by atoms with Crippen molar-refractivity contribution in [3.05, 3.63) is 57.9 Å². The summed E-state index contributed by atoms with van der Waals surface area (Å²) in [7, 11) is 0. The van der Waals surface area contributed by atoms with Gasteiger partial charge in [-0.2, -0.15) is 0 Å². The molecule has 0 saturated heterocycles. The Morgan fingerprint density at radius 2 is 2.11 bits per heavy atom. The largest absolute Gasteiger partial charge is 0.379 e. The monoisotopic (exact) mass is 262 g/mol. The second kappa shape index (κ2) is 5.38. The Labute approximate surface area is 108 Å². The fraction of sp³-hybridized carbons (Fsp3) is 0.167. The van der Waals surface area contributed by atoms with Crippen molar-refractivity contribution in [3.63, 3.8) is 0 Å². The van der Waals surface area contributed by atoms with E-state index in [0.29, 0.717) is 17.9 Å². The Hall–Kier alpha value is -2.57. The summed E-state index contributed by atoms with van der Waals surface area (Å²) in [6.07, 6.45) is 3.21. The van der Waals surface area contributed by atoms with Crippen LogP contribution in [0.4, 0.5) is 15.8 Å². The maximum atomic E-state index is 13.2. The van der Waals surface area contributed by atoms with Crippen molar-refractivity contribution in [2.75, 3.05) is 5.32 Å². The molecule has 0 bridgehead atoms. The minimum absolute atomic E-state index is 0.294. The molecule has 0 unspecified atom stereocenters. The van der Waals surface area contributed by atoms with Gasteiger partial charge in [0, 0.05) is 18.0 Å². The van der Waals surface area contributed by atoms with Crippen molar-refractivity contribution in [2.24, 2.45) is 0 Å². The summed E-state index contributed by atoms with van der Waals surface area (Å²) in [5.74, 6) is -0.660. The van der Waals surface area contributed by atoms with E-state index in [1.165, 1.54) is 12.1 Å². The number of benzene rings is 1. The van der Waals surface area contributed by atoms with E-state index in [1.54, 1.807) is 12.4 Å². The van der Waals surface area contributed by atoms with Gasteiger partial charge in [-0.15, -0.1) is 0 Å². The Morgan fingerprint density at radius 1 is 1.32 bits per heavy atom. The molecule has 19 heavy (non-hydrogen) atoms. The molecule has 1 aromatic carbocycles. The molecule has 98 valence electrons. The second-order valence-electron chi connectivity index (χ2n) is 3.96. The molecule has 0 spiro atoms. The van der Waals surface area contributed by atoms with Crippen LogP contribution in [0.2, 0.25) is 0 Å². The molecule has 0 saturated carbocycles. The minimum Gasteiger partial charge on any atom is -0.379 e. The van der Waals surface area contributed by atoms with Crippen molar-refractivity contribution in [3.8, 4) is 0 Å². The number of rotatable bonds is 4. The first-order chi connectivity index (χ1) is 9.04. The summed E-state index contributed by atoms with van der Waals surface area (Å²) >= 11 is 0. The van der Waals surface area contributed by atoms with Crippen LogP contribution < -0.4 is 5.32 Å². The second-order valence-corrected chi connectivity index (χ2v) is 3.96. The van der Waals surface area contributed by atoms with Gasteiger partial charge in [-0.3, -0.25) is 20.1 Å². The number of aromatic nitrogens is 2. The van der Waals surface area contributed by atoms with E-state index in [0.717, 1.165) is 11.8 Å². The fourth-order valence-electron chi connectivity index (χ4n) is 1.48. The highest BCUT2D eigenvalue weighted by Gasteiger charge is 2.09. The van der Waals surface area contributed by atoms with Crippen molar-refractivity contribution in [1.29, 1.82) is 0 Å². The molecular weight excluding hydrogens is 251 g/mol. The fourth-order valence-corrected chi connectivity index (χ4v) is 1.48. The summed E-state index contributed by atoms with van der Waals surface area (Å²) in [5, 5.41) is 13.5. The highest BCUT2D eigenvalue weighted by molar-refractivity contribution is 5.51. The molecule has 1 aromatic heterocycles. The van der Waals surface area contributed by atoms with Crippen molar-refractivity contribution in [2.45, 2.75) is 13.5 Å². The maximum Gasteiger partial charge on any atom is 0.274 e. The highest BCUT2D eigenvalue weighted by atomic mass is 19.1. The van der Waals surface area contributed by atoms with Crippen LogP contribution >= 0.6 is 0 Å². The minimum atomic E-state index is -0.660. The van der Waals surface area contributed by atoms with E-state index >= 15 is 0 Å². The zero-order valence-corrected chi connectivity index (χ0v) is 10.1. The molecule has 0 amide bonds. The van der Waals surface area contributed by atoms with E-state index in [9.17, 15) is 14.5 Å². The van der Waals surface area contributed by atoms with Gasteiger partial charge in [0.05, 0.1) is 35.1 Å². The van der Waals surface area contributed by atoms with Gasteiger partial charge in [-0.05, 0) is 13.0 Å². The van der Waals surface area contributed by atoms with Crippen molar-refractivity contribution >= 4 is 11.4 Å². The predicted octanol–water partition coefficient (Wildman–Crippen LogP) is 2.44. The van der Waals surface area contributed by atoms with Crippen LogP contribution in [0.5, 0.6) is 0 Å². The third kappa shape index (κ3) is 3.44. The standard InChI is InChI=1S/C12H11FN4O2/c1-8-5-15-11(6-14-8)7-16-10-2-9(13)3-12(4-10)17(18)19/h2-6,16H,7H2,1H3. The maximum absolute atomic E-state index is 13.2. The lowest BCUT2D eigenvalue weighted by atomic mass is 10.2. The van der Waals surface area contributed by atoms with Gasteiger partial charge < -0.3 is 5.32 Å². The number of aryl methyl sites for hydroxylation is 1. The summed E-state index contributed by atoms with van der Waals surface area (Å²) in [4.78, 5) is 18.2. The quantitative estimate of drug-likeness (QED) is 0.676. The van der Waals surface area contributed by atoms with Gasteiger partial charge in [0.2, 0.25) is 0 Å². The van der Waals surface area contributed by atoms with Gasteiger partial charge in [0.15, 0.2) is 0 Å². The molecule has 0 aliphatic rings. The lowest BCUT2D eigenvalue weighted by molar-refractivity contribution is -0.385. The average Bonchev–Trinajstić information content (AvgIpc) is 2.37. The summed E-state index contributed by atoms with van der Waals surface area (Å²) in [5.41, 5.74) is 1.49. The average molecular weight is 262 g/mol. The summed E-state index contributed by atoms with van der Waals surface area (Å²) in [6.45, 7) is 2.13. The first kappa shape index (κ1) is 12.9. The lowest BCUT2D eigenvalue weighted by Gasteiger charge is -2.06. The number of anilines is 1. The van der Waals surface area contributed by atoms with Crippen molar-refractivity contribution in [1.82, 2.24) is 9.97 Å². The molecule has 2 rings (SSSR count). The highest BCUT2D eigenvalue weighted by Crippen LogP contribution is 2.20. The number of non-ortho nitro benzene ring substituents is 1. The topological polar surface area (TPSA) is 81.0 Å². The Bertz CT molecular complexity index is 601. The van der Waals surface area contributed by atoms with Gasteiger partial charge in [-0.1, -0.05) is 0 Å². The normalized spacial score (nSPS) is 10.2. The third-order valence-electron chi connectivity index (χ3n) is 2.40. The molecule has 0 aliphatic heterocycles. The van der Waals surface area contributed by atoms with Gasteiger partial charge in [0.1, 0.15) is 5.82 Å². The van der Waals surface area contributed by atoms with Crippen LogP contribution in [-0.2, 0) is 6.54 Å². The number of nitro groups is 1. The van der Waals surface area contributed by atoms with Crippen LogP contribution in [0.15, 0.2) is 30.6 Å². The first-order valence-electron chi connectivity index (χ1n) is 5.51. The molecule has 0 fully saturated rings. The van der Waals surface area contributed by atoms with Gasteiger partial charge >= 0.3 is 0 Å². The summed E-state index contributed by atoms with van der Waals surface area (Å²) < 4.78 is 13.2. The smallest absolute Gasteiger partial charge is 0.274 e. The van der Waals surface area contributed by atoms with Crippen molar-refractivity contribution < 1.29 is 9.31 Å². The predicted molar refractivity (Wildman–Crippen MR) is 67.2 cm³/mol. The molecule has 0 radical (unpaired) electrons. The van der Waals surface area contributed by atoms with Crippen LogP contribution in [0, 0.1) is 22.9 Å². The third-order valence-corrected chi connectivity index (χ3v) is 2.40. The molecule has 0 atom stereocenters. The van der Waals surface area contributed by atoms with Gasteiger partial charge in [0.25, 0.3) is 5.69 Å². The van der Waals surface area contributed by atoms with E-state index in [-0.39, 0.29) is 5.69 Å². The van der Waals surface area contributed by atoms with E-state index in [2.05, 4.69) is 15.3 Å². The zero-order valence-electron chi connectivity index (χ0n) is 10.1. The van der Waals surface area contributed by atoms with Crippen LogP contribution in [0.25, 0.3) is 0 Å². The number of hydrogen-bond acceptors (Lipinski definition) is 5. The number of nitro benzene ring substituents is 1. The van der Waals surface area contributed by atoms with Crippen LogP contribution in [-0.4, -0.2) is 14.9 Å².